The van der Waals surface area contributed by atoms with Crippen molar-refractivity contribution in [3.8, 4) is 0 Å². The summed E-state index contributed by atoms with van der Waals surface area (Å²) < 4.78 is 0.818. The summed E-state index contributed by atoms with van der Waals surface area (Å²) in [7, 11) is 0. The van der Waals surface area contributed by atoms with Gasteiger partial charge in [0.1, 0.15) is 6.04 Å². The number of nitrogens with two attached hydrogens (primary N) is 1. The van der Waals surface area contributed by atoms with Crippen molar-refractivity contribution in [1.82, 2.24) is 5.32 Å². The minimum absolute atomic E-state index is 0.455. The number of halogens is 1. The zero-order valence-corrected chi connectivity index (χ0v) is 12.9. The predicted molar refractivity (Wildman–Crippen MR) is 81.3 cm³/mol. The molecule has 0 aliphatic carbocycles. The maximum absolute atomic E-state index is 11.7. The minimum Gasteiger partial charge on any atom is -0.480 e. The van der Waals surface area contributed by atoms with Gasteiger partial charge < -0.3 is 16.2 Å². The van der Waals surface area contributed by atoms with Gasteiger partial charge in [-0.05, 0) is 30.2 Å². The fourth-order valence-corrected chi connectivity index (χ4v) is 2.18. The van der Waals surface area contributed by atoms with Gasteiger partial charge in [-0.25, -0.2) is 4.79 Å². The molecule has 6 nitrogen and oxygen atoms in total. The molecule has 0 saturated carbocycles. The summed E-state index contributed by atoms with van der Waals surface area (Å²) in [6.07, 6.45) is 2.29. The van der Waals surface area contributed by atoms with Gasteiger partial charge in [0.2, 0.25) is 11.8 Å². The summed E-state index contributed by atoms with van der Waals surface area (Å²) >= 11 is 3.37. The maximum atomic E-state index is 11.7. The molecule has 2 amide bonds. The number of aliphatic carboxylic acids is 1. The van der Waals surface area contributed by atoms with Gasteiger partial charge >= 0.3 is 5.97 Å². The molecule has 0 unspecified atom stereocenters. The molecule has 0 aromatic heterocycles. The normalized spacial score (nSPS) is 12.1. The number of benzene rings is 1. The summed E-state index contributed by atoms with van der Waals surface area (Å²) in [4.78, 5) is 33.3. The maximum Gasteiger partial charge on any atom is 0.326 e. The van der Waals surface area contributed by atoms with Crippen LogP contribution < -0.4 is 11.1 Å². The highest BCUT2D eigenvalue weighted by Crippen LogP contribution is 2.19. The van der Waals surface area contributed by atoms with E-state index in [1.807, 2.05) is 25.1 Å². The number of rotatable bonds is 6. The van der Waals surface area contributed by atoms with Gasteiger partial charge in [-0.3, -0.25) is 9.59 Å². The van der Waals surface area contributed by atoms with Crippen molar-refractivity contribution in [1.29, 1.82) is 0 Å². The number of carbonyl (C=O) groups is 3. The van der Waals surface area contributed by atoms with Gasteiger partial charge in [-0.2, -0.15) is 0 Å². The number of hydrogen-bond donors (Lipinski definition) is 3. The summed E-state index contributed by atoms with van der Waals surface area (Å²) in [6, 6.07) is 4.27. The Morgan fingerprint density at radius 3 is 2.62 bits per heavy atom. The fourth-order valence-electron chi connectivity index (χ4n) is 1.55. The van der Waals surface area contributed by atoms with Crippen LogP contribution in [-0.4, -0.2) is 28.9 Å². The summed E-state index contributed by atoms with van der Waals surface area (Å²) in [6.45, 7) is 1.94. The van der Waals surface area contributed by atoms with Gasteiger partial charge in [0, 0.05) is 10.5 Å². The van der Waals surface area contributed by atoms with Crippen molar-refractivity contribution in [3.63, 3.8) is 0 Å². The Bertz CT molecular complexity index is 599. The average Bonchev–Trinajstić information content (AvgIpc) is 2.36. The van der Waals surface area contributed by atoms with Gasteiger partial charge in [-0.1, -0.05) is 28.1 Å². The van der Waals surface area contributed by atoms with Crippen molar-refractivity contribution < 1.29 is 19.5 Å². The van der Waals surface area contributed by atoms with E-state index >= 15 is 0 Å². The largest absolute Gasteiger partial charge is 0.480 e. The second kappa shape index (κ2) is 7.58. The molecule has 1 aromatic carbocycles. The lowest BCUT2D eigenvalue weighted by Crippen LogP contribution is -2.42. The molecular weight excluding hydrogens is 340 g/mol. The first-order valence-corrected chi connectivity index (χ1v) is 6.84. The minimum atomic E-state index is -1.33. The molecular formula is C14H15BrN2O4. The Labute approximate surface area is 130 Å². The number of primary amides is 1. The van der Waals surface area contributed by atoms with Gasteiger partial charge in [0.05, 0.1) is 6.42 Å². The molecule has 0 radical (unpaired) electrons. The van der Waals surface area contributed by atoms with Crippen LogP contribution in [0.4, 0.5) is 0 Å². The molecule has 112 valence electrons. The highest BCUT2D eigenvalue weighted by molar-refractivity contribution is 9.10. The van der Waals surface area contributed by atoms with Crippen molar-refractivity contribution in [2.24, 2.45) is 5.73 Å². The Hall–Kier alpha value is -2.15. The third-order valence-corrected chi connectivity index (χ3v) is 3.28. The van der Waals surface area contributed by atoms with Gasteiger partial charge in [0.25, 0.3) is 0 Å². The van der Waals surface area contributed by atoms with Crippen LogP contribution in [0, 0.1) is 6.92 Å². The van der Waals surface area contributed by atoms with E-state index in [9.17, 15) is 14.4 Å². The van der Waals surface area contributed by atoms with E-state index in [0.29, 0.717) is 0 Å². The number of amides is 2. The molecule has 7 heteroatoms. The summed E-state index contributed by atoms with van der Waals surface area (Å²) in [5.74, 6) is -2.73. The molecule has 1 atom stereocenters. The van der Waals surface area contributed by atoms with Crippen LogP contribution in [0.3, 0.4) is 0 Å². The third kappa shape index (κ3) is 5.78. The van der Waals surface area contributed by atoms with E-state index in [-0.39, 0.29) is 0 Å². The molecule has 0 aliphatic heterocycles. The number of aryl methyl sites for hydroxylation is 1. The zero-order chi connectivity index (χ0) is 16.0. The van der Waals surface area contributed by atoms with Crippen molar-refractivity contribution in [2.45, 2.75) is 19.4 Å². The van der Waals surface area contributed by atoms with E-state index in [0.717, 1.165) is 15.6 Å². The van der Waals surface area contributed by atoms with Crippen LogP contribution in [0.5, 0.6) is 0 Å². The Kier molecular flexibility index (Phi) is 6.10. The monoisotopic (exact) mass is 354 g/mol. The molecule has 0 fully saturated rings. The van der Waals surface area contributed by atoms with Gasteiger partial charge in [-0.15, -0.1) is 0 Å². The highest BCUT2D eigenvalue weighted by Gasteiger charge is 2.20. The molecule has 0 bridgehead atoms. The lowest BCUT2D eigenvalue weighted by Gasteiger charge is -2.10. The summed E-state index contributed by atoms with van der Waals surface area (Å²) in [5, 5.41) is 11.1. The van der Waals surface area contributed by atoms with Crippen LogP contribution in [0.1, 0.15) is 17.5 Å². The van der Waals surface area contributed by atoms with Crippen LogP contribution >= 0.6 is 15.9 Å². The van der Waals surface area contributed by atoms with E-state index < -0.39 is 30.2 Å². The second-order valence-corrected chi connectivity index (χ2v) is 5.28. The van der Waals surface area contributed by atoms with Crippen LogP contribution in [-0.2, 0) is 14.4 Å². The molecule has 0 heterocycles. The SMILES string of the molecule is Cc1ccc(C=CC(=O)N[C@@H](CC(N)=O)C(=O)O)c(Br)c1. The molecule has 1 aromatic rings. The summed E-state index contributed by atoms with van der Waals surface area (Å²) in [5.41, 5.74) is 6.77. The predicted octanol–water partition coefficient (Wildman–Crippen LogP) is 1.22. The topological polar surface area (TPSA) is 109 Å². The van der Waals surface area contributed by atoms with Crippen LogP contribution in [0.25, 0.3) is 6.08 Å². The Morgan fingerprint density at radius 1 is 1.43 bits per heavy atom. The van der Waals surface area contributed by atoms with Crippen molar-refractivity contribution in [3.05, 3.63) is 39.9 Å². The van der Waals surface area contributed by atoms with Crippen molar-refractivity contribution >= 4 is 39.8 Å². The molecule has 4 N–H and O–H groups in total. The van der Waals surface area contributed by atoms with E-state index in [2.05, 4.69) is 21.2 Å². The number of carboxylic acids is 1. The van der Waals surface area contributed by atoms with Crippen molar-refractivity contribution in [2.75, 3.05) is 0 Å². The fraction of sp³-hybridized carbons (Fsp3) is 0.214. The van der Waals surface area contributed by atoms with E-state index in [4.69, 9.17) is 10.8 Å². The second-order valence-electron chi connectivity index (χ2n) is 4.43. The highest BCUT2D eigenvalue weighted by atomic mass is 79.9. The third-order valence-electron chi connectivity index (χ3n) is 2.59. The number of carbonyl (C=O) groups excluding carboxylic acids is 2. The average molecular weight is 355 g/mol. The standard InChI is InChI=1S/C14H15BrN2O4/c1-8-2-3-9(10(15)6-8)4-5-13(19)17-11(14(20)21)7-12(16)18/h2-6,11H,7H2,1H3,(H2,16,18)(H,17,19)(H,20,21)/t11-/m0/s1. The van der Waals surface area contributed by atoms with E-state index in [1.165, 1.54) is 6.08 Å². The van der Waals surface area contributed by atoms with E-state index in [1.54, 1.807) is 6.08 Å². The van der Waals surface area contributed by atoms with Gasteiger partial charge in [0.15, 0.2) is 0 Å². The molecule has 0 aliphatic rings. The van der Waals surface area contributed by atoms with Crippen LogP contribution in [0.2, 0.25) is 0 Å². The number of hydrogen-bond acceptors (Lipinski definition) is 3. The number of nitrogens with one attached hydrogen (secondary N) is 1. The lowest BCUT2D eigenvalue weighted by molar-refractivity contribution is -0.142. The molecule has 21 heavy (non-hydrogen) atoms. The Morgan fingerprint density at radius 2 is 2.10 bits per heavy atom. The first-order chi connectivity index (χ1) is 9.79. The zero-order valence-electron chi connectivity index (χ0n) is 11.3. The number of carboxylic acid groups (broad SMARTS) is 1. The quantitative estimate of drug-likeness (QED) is 0.667. The first-order valence-electron chi connectivity index (χ1n) is 6.05. The molecule has 0 saturated heterocycles. The molecule has 1 rings (SSSR count). The van der Waals surface area contributed by atoms with Crippen LogP contribution in [0.15, 0.2) is 28.7 Å². The molecule has 0 spiro atoms. The lowest BCUT2D eigenvalue weighted by atomic mass is 10.1. The Balaban J connectivity index is 2.73. The first kappa shape index (κ1) is 16.9. The smallest absolute Gasteiger partial charge is 0.326 e.